The van der Waals surface area contributed by atoms with E-state index in [2.05, 4.69) is 21.2 Å². The van der Waals surface area contributed by atoms with Crippen LogP contribution in [-0.4, -0.2) is 25.7 Å². The van der Waals surface area contributed by atoms with Gasteiger partial charge in [0.1, 0.15) is 6.61 Å². The maximum absolute atomic E-state index is 12.5. The predicted octanol–water partition coefficient (Wildman–Crippen LogP) is 2.38. The Balaban J connectivity index is 2.74. The number of ether oxygens (including phenoxy) is 1. The number of nitrogens with one attached hydrogen (secondary N) is 1. The number of rotatable bonds is 5. The third-order valence-electron chi connectivity index (χ3n) is 2.06. The van der Waals surface area contributed by atoms with Crippen molar-refractivity contribution in [1.82, 2.24) is 0 Å². The molecule has 0 radical (unpaired) electrons. The molecule has 4 nitrogen and oxygen atoms in total. The summed E-state index contributed by atoms with van der Waals surface area (Å²) in [5, 5.41) is 2.33. The Morgan fingerprint density at radius 1 is 1.42 bits per heavy atom. The fraction of sp³-hybridized carbons (Fsp3) is 0.364. The molecule has 0 spiro atoms. The number of hydrogen-bond donors (Lipinski definition) is 2. The Bertz CT molecular complexity index is 452. The zero-order chi connectivity index (χ0) is 14.5. The second-order valence-electron chi connectivity index (χ2n) is 3.58. The number of carbonyl (C=O) groups is 1. The molecule has 1 rings (SSSR count). The van der Waals surface area contributed by atoms with Gasteiger partial charge in [0.15, 0.2) is 0 Å². The van der Waals surface area contributed by atoms with Gasteiger partial charge in [-0.05, 0) is 34.1 Å². The van der Waals surface area contributed by atoms with E-state index in [1.807, 2.05) is 0 Å². The van der Waals surface area contributed by atoms with E-state index in [1.165, 1.54) is 6.07 Å². The van der Waals surface area contributed by atoms with Gasteiger partial charge in [-0.25, -0.2) is 0 Å². The van der Waals surface area contributed by atoms with Gasteiger partial charge in [0.05, 0.1) is 17.9 Å². The number of alkyl halides is 3. The second-order valence-corrected chi connectivity index (χ2v) is 4.44. The van der Waals surface area contributed by atoms with E-state index in [-0.39, 0.29) is 25.4 Å². The molecule has 106 valence electrons. The number of nitrogens with two attached hydrogens (primary N) is 1. The summed E-state index contributed by atoms with van der Waals surface area (Å²) in [7, 11) is 0. The van der Waals surface area contributed by atoms with Crippen molar-refractivity contribution < 1.29 is 22.7 Å². The number of amides is 1. The summed E-state index contributed by atoms with van der Waals surface area (Å²) < 4.78 is 42.8. The van der Waals surface area contributed by atoms with E-state index in [4.69, 9.17) is 10.5 Å². The largest absolute Gasteiger partial charge is 0.416 e. The number of hydrogen-bond acceptors (Lipinski definition) is 3. The highest BCUT2D eigenvalue weighted by molar-refractivity contribution is 9.10. The van der Waals surface area contributed by atoms with Crippen molar-refractivity contribution in [2.24, 2.45) is 5.73 Å². The van der Waals surface area contributed by atoms with Crippen LogP contribution in [-0.2, 0) is 15.7 Å². The van der Waals surface area contributed by atoms with Crippen molar-refractivity contribution in [2.75, 3.05) is 25.1 Å². The van der Waals surface area contributed by atoms with E-state index in [0.29, 0.717) is 4.47 Å². The van der Waals surface area contributed by atoms with Gasteiger partial charge < -0.3 is 15.8 Å². The van der Waals surface area contributed by atoms with E-state index in [9.17, 15) is 18.0 Å². The van der Waals surface area contributed by atoms with Crippen LogP contribution < -0.4 is 11.1 Å². The fourth-order valence-corrected chi connectivity index (χ4v) is 1.58. The van der Waals surface area contributed by atoms with Crippen molar-refractivity contribution in [3.8, 4) is 0 Å². The molecule has 1 aromatic rings. The van der Waals surface area contributed by atoms with Gasteiger partial charge in [-0.1, -0.05) is 0 Å². The number of halogens is 4. The smallest absolute Gasteiger partial charge is 0.370 e. The quantitative estimate of drug-likeness (QED) is 0.809. The van der Waals surface area contributed by atoms with E-state index < -0.39 is 17.6 Å². The molecule has 0 fully saturated rings. The van der Waals surface area contributed by atoms with Crippen molar-refractivity contribution in [2.45, 2.75) is 6.18 Å². The minimum atomic E-state index is -4.46. The van der Waals surface area contributed by atoms with Crippen LogP contribution in [0, 0.1) is 0 Å². The van der Waals surface area contributed by atoms with Crippen molar-refractivity contribution in [1.29, 1.82) is 0 Å². The first-order valence-corrected chi connectivity index (χ1v) is 6.08. The van der Waals surface area contributed by atoms with Crippen molar-refractivity contribution in [3.05, 3.63) is 28.2 Å². The summed E-state index contributed by atoms with van der Waals surface area (Å²) in [4.78, 5) is 11.4. The second kappa shape index (κ2) is 6.88. The average Bonchev–Trinajstić information content (AvgIpc) is 2.31. The molecule has 0 atom stereocenters. The molecule has 0 unspecified atom stereocenters. The summed E-state index contributed by atoms with van der Waals surface area (Å²) >= 11 is 3.06. The lowest BCUT2D eigenvalue weighted by atomic mass is 10.2. The maximum Gasteiger partial charge on any atom is 0.416 e. The molecule has 1 amide bonds. The van der Waals surface area contributed by atoms with Crippen LogP contribution in [0.3, 0.4) is 0 Å². The molecule has 19 heavy (non-hydrogen) atoms. The zero-order valence-corrected chi connectivity index (χ0v) is 11.3. The SMILES string of the molecule is NCCOCC(=O)Nc1cc(C(F)(F)F)ccc1Br. The first kappa shape index (κ1) is 15.9. The van der Waals surface area contributed by atoms with Gasteiger partial charge in [-0.3, -0.25) is 4.79 Å². The molecule has 0 aromatic heterocycles. The minimum absolute atomic E-state index is 0.0381. The van der Waals surface area contributed by atoms with E-state index in [1.54, 1.807) is 0 Å². The van der Waals surface area contributed by atoms with Gasteiger partial charge in [0.25, 0.3) is 0 Å². The van der Waals surface area contributed by atoms with Gasteiger partial charge >= 0.3 is 6.18 Å². The van der Waals surface area contributed by atoms with E-state index >= 15 is 0 Å². The van der Waals surface area contributed by atoms with Crippen molar-refractivity contribution in [3.63, 3.8) is 0 Å². The maximum atomic E-state index is 12.5. The monoisotopic (exact) mass is 340 g/mol. The Kier molecular flexibility index (Phi) is 5.77. The van der Waals surface area contributed by atoms with Crippen LogP contribution in [0.2, 0.25) is 0 Å². The first-order chi connectivity index (χ1) is 8.84. The molecule has 0 saturated carbocycles. The molecule has 8 heteroatoms. The highest BCUT2D eigenvalue weighted by atomic mass is 79.9. The molecular formula is C11H12BrF3N2O2. The van der Waals surface area contributed by atoms with Crippen molar-refractivity contribution >= 4 is 27.5 Å². The highest BCUT2D eigenvalue weighted by Gasteiger charge is 2.31. The van der Waals surface area contributed by atoms with Crippen LogP contribution in [0.5, 0.6) is 0 Å². The molecule has 0 heterocycles. The minimum Gasteiger partial charge on any atom is -0.370 e. The first-order valence-electron chi connectivity index (χ1n) is 5.29. The van der Waals surface area contributed by atoms with Crippen LogP contribution >= 0.6 is 15.9 Å². The molecule has 0 aliphatic rings. The summed E-state index contributed by atoms with van der Waals surface area (Å²) in [6.07, 6.45) is -4.46. The van der Waals surface area contributed by atoms with E-state index in [0.717, 1.165) is 12.1 Å². The molecular weight excluding hydrogens is 329 g/mol. The molecule has 0 aliphatic carbocycles. The Hall–Kier alpha value is -1.12. The van der Waals surface area contributed by atoms with Crippen LogP contribution in [0.1, 0.15) is 5.56 Å². The zero-order valence-electron chi connectivity index (χ0n) is 9.76. The topological polar surface area (TPSA) is 64.3 Å². The number of carbonyl (C=O) groups excluding carboxylic acids is 1. The molecule has 0 aliphatic heterocycles. The molecule has 0 bridgehead atoms. The van der Waals surface area contributed by atoms with Gasteiger partial charge in [0.2, 0.25) is 5.91 Å². The standard InChI is InChI=1S/C11H12BrF3N2O2/c12-8-2-1-7(11(13,14)15)5-9(8)17-10(18)6-19-4-3-16/h1-2,5H,3-4,6,16H2,(H,17,18). The molecule has 0 saturated heterocycles. The van der Waals surface area contributed by atoms with Gasteiger partial charge in [0, 0.05) is 11.0 Å². The fourth-order valence-electron chi connectivity index (χ4n) is 1.23. The summed E-state index contributed by atoms with van der Waals surface area (Å²) in [6, 6.07) is 2.99. The lowest BCUT2D eigenvalue weighted by Crippen LogP contribution is -2.21. The summed E-state index contributed by atoms with van der Waals surface area (Å²) in [6.45, 7) is 0.206. The normalized spacial score (nSPS) is 11.4. The van der Waals surface area contributed by atoms with Crippen LogP contribution in [0.4, 0.5) is 18.9 Å². The summed E-state index contributed by atoms with van der Waals surface area (Å²) in [5.74, 6) is -0.548. The highest BCUT2D eigenvalue weighted by Crippen LogP contribution is 2.33. The Morgan fingerprint density at radius 2 is 2.11 bits per heavy atom. The Morgan fingerprint density at radius 3 is 2.68 bits per heavy atom. The van der Waals surface area contributed by atoms with Crippen LogP contribution in [0.15, 0.2) is 22.7 Å². The van der Waals surface area contributed by atoms with Gasteiger partial charge in [-0.15, -0.1) is 0 Å². The lowest BCUT2D eigenvalue weighted by Gasteiger charge is -2.11. The van der Waals surface area contributed by atoms with Gasteiger partial charge in [-0.2, -0.15) is 13.2 Å². The molecule has 1 aromatic carbocycles. The molecule has 3 N–H and O–H groups in total. The predicted molar refractivity (Wildman–Crippen MR) is 67.6 cm³/mol. The summed E-state index contributed by atoms with van der Waals surface area (Å²) in [5.41, 5.74) is 4.37. The third kappa shape index (κ3) is 5.17. The third-order valence-corrected chi connectivity index (χ3v) is 2.75. The number of benzene rings is 1. The lowest BCUT2D eigenvalue weighted by molar-refractivity contribution is -0.137. The Labute approximate surface area is 116 Å². The number of anilines is 1. The average molecular weight is 341 g/mol. The van der Waals surface area contributed by atoms with Crippen LogP contribution in [0.25, 0.3) is 0 Å².